The van der Waals surface area contributed by atoms with Crippen LogP contribution in [-0.4, -0.2) is 29.9 Å². The van der Waals surface area contributed by atoms with Gasteiger partial charge in [-0.3, -0.25) is 9.79 Å². The van der Waals surface area contributed by atoms with Crippen molar-refractivity contribution in [2.45, 2.75) is 6.42 Å². The standard InChI is InChI=1S/C27H21N5O2S/c28-15-20-6-8-21(9-7-20)16-30-32-24(22-10-11-25-23(14-22)31-26(33)17-34-25)18-35-27(32)29-13-12-19-4-2-1-3-5-19/h1-11,14,16,18H,12-13,17H2,(H,31,33)/b29-27?,30-16+. The Bertz CT molecular complexity index is 1500. The molecule has 1 N–H and O–H groups in total. The van der Waals surface area contributed by atoms with Crippen molar-refractivity contribution in [1.82, 2.24) is 4.68 Å². The summed E-state index contributed by atoms with van der Waals surface area (Å²) >= 11 is 1.51. The zero-order valence-corrected chi connectivity index (χ0v) is 19.5. The van der Waals surface area contributed by atoms with Gasteiger partial charge in [-0.1, -0.05) is 42.5 Å². The summed E-state index contributed by atoms with van der Waals surface area (Å²) in [6.45, 7) is 0.647. The van der Waals surface area contributed by atoms with Crippen LogP contribution in [-0.2, 0) is 11.2 Å². The molecule has 7 nitrogen and oxygen atoms in total. The Morgan fingerprint density at radius 2 is 1.94 bits per heavy atom. The number of amides is 1. The maximum absolute atomic E-state index is 11.8. The summed E-state index contributed by atoms with van der Waals surface area (Å²) < 4.78 is 7.30. The van der Waals surface area contributed by atoms with Crippen molar-refractivity contribution in [3.63, 3.8) is 0 Å². The molecule has 35 heavy (non-hydrogen) atoms. The van der Waals surface area contributed by atoms with E-state index >= 15 is 0 Å². The molecule has 0 saturated carbocycles. The second-order valence-electron chi connectivity index (χ2n) is 7.86. The minimum absolute atomic E-state index is 0.0180. The van der Waals surface area contributed by atoms with Gasteiger partial charge in [-0.05, 0) is 47.9 Å². The van der Waals surface area contributed by atoms with Crippen LogP contribution in [0.3, 0.4) is 0 Å². The number of nitrogens with one attached hydrogen (secondary N) is 1. The molecular weight excluding hydrogens is 458 g/mol. The SMILES string of the molecule is N#Cc1ccc(/C=N/n2c(-c3ccc4c(c3)NC(=O)CO4)csc2=NCCc2ccccc2)cc1. The van der Waals surface area contributed by atoms with Gasteiger partial charge in [-0.15, -0.1) is 11.3 Å². The van der Waals surface area contributed by atoms with E-state index < -0.39 is 0 Å². The first-order chi connectivity index (χ1) is 17.2. The first-order valence-electron chi connectivity index (χ1n) is 11.1. The molecule has 4 aromatic rings. The maximum Gasteiger partial charge on any atom is 0.262 e. The van der Waals surface area contributed by atoms with Gasteiger partial charge in [0.15, 0.2) is 6.61 Å². The number of hydrogen-bond acceptors (Lipinski definition) is 6. The summed E-state index contributed by atoms with van der Waals surface area (Å²) in [5.74, 6) is 0.465. The van der Waals surface area contributed by atoms with Crippen LogP contribution in [0.2, 0.25) is 0 Å². The number of ether oxygens (including phenoxy) is 1. The highest BCUT2D eigenvalue weighted by Gasteiger charge is 2.17. The highest BCUT2D eigenvalue weighted by atomic mass is 32.1. The Morgan fingerprint density at radius 1 is 1.11 bits per heavy atom. The van der Waals surface area contributed by atoms with Gasteiger partial charge in [-0.2, -0.15) is 10.4 Å². The van der Waals surface area contributed by atoms with Gasteiger partial charge < -0.3 is 10.1 Å². The van der Waals surface area contributed by atoms with E-state index in [0.29, 0.717) is 23.5 Å². The molecular formula is C27H21N5O2S. The zero-order chi connectivity index (χ0) is 24.0. The Morgan fingerprint density at radius 3 is 2.74 bits per heavy atom. The Balaban J connectivity index is 1.50. The molecule has 0 aliphatic carbocycles. The lowest BCUT2D eigenvalue weighted by Crippen LogP contribution is -2.25. The molecule has 172 valence electrons. The highest BCUT2D eigenvalue weighted by Crippen LogP contribution is 2.32. The second-order valence-corrected chi connectivity index (χ2v) is 8.70. The van der Waals surface area contributed by atoms with Crippen LogP contribution in [0.25, 0.3) is 11.3 Å². The highest BCUT2D eigenvalue weighted by molar-refractivity contribution is 7.07. The van der Waals surface area contributed by atoms with E-state index in [1.165, 1.54) is 16.9 Å². The number of aromatic nitrogens is 1. The van der Waals surface area contributed by atoms with Gasteiger partial charge >= 0.3 is 0 Å². The van der Waals surface area contributed by atoms with E-state index in [4.69, 9.17) is 20.1 Å². The monoisotopic (exact) mass is 479 g/mol. The van der Waals surface area contributed by atoms with Crippen molar-refractivity contribution in [1.29, 1.82) is 5.26 Å². The summed E-state index contributed by atoms with van der Waals surface area (Å²) in [6, 6.07) is 25.3. The lowest BCUT2D eigenvalue weighted by Gasteiger charge is -2.18. The minimum Gasteiger partial charge on any atom is -0.482 e. The van der Waals surface area contributed by atoms with Crippen LogP contribution in [0.1, 0.15) is 16.7 Å². The molecule has 1 aliphatic heterocycles. The lowest BCUT2D eigenvalue weighted by atomic mass is 10.1. The van der Waals surface area contributed by atoms with Crippen LogP contribution in [0.5, 0.6) is 5.75 Å². The quantitative estimate of drug-likeness (QED) is 0.414. The molecule has 3 aromatic carbocycles. The van der Waals surface area contributed by atoms with Gasteiger partial charge in [0, 0.05) is 17.5 Å². The van der Waals surface area contributed by atoms with E-state index in [0.717, 1.165) is 28.0 Å². The maximum atomic E-state index is 11.8. The van der Waals surface area contributed by atoms with Crippen LogP contribution in [0.15, 0.2) is 88.3 Å². The van der Waals surface area contributed by atoms with Gasteiger partial charge in [0.2, 0.25) is 4.80 Å². The number of nitriles is 1. The van der Waals surface area contributed by atoms with Crippen molar-refractivity contribution in [3.8, 4) is 23.1 Å². The molecule has 8 heteroatoms. The van der Waals surface area contributed by atoms with E-state index in [1.807, 2.05) is 53.9 Å². The van der Waals surface area contributed by atoms with Crippen molar-refractivity contribution in [2.75, 3.05) is 18.5 Å². The third-order valence-corrected chi connectivity index (χ3v) is 6.30. The third-order valence-electron chi connectivity index (χ3n) is 5.45. The number of nitrogens with zero attached hydrogens (tertiary/aromatic N) is 4. The smallest absolute Gasteiger partial charge is 0.262 e. The number of rotatable bonds is 6. The first-order valence-corrected chi connectivity index (χ1v) is 11.9. The first kappa shape index (κ1) is 22.3. The molecule has 0 fully saturated rings. The average molecular weight is 480 g/mol. The molecule has 1 aliphatic rings. The van der Waals surface area contributed by atoms with E-state index in [2.05, 4.69) is 23.5 Å². The van der Waals surface area contributed by atoms with Crippen molar-refractivity contribution >= 4 is 29.1 Å². The van der Waals surface area contributed by atoms with Crippen LogP contribution in [0.4, 0.5) is 5.69 Å². The fraction of sp³-hybridized carbons (Fsp3) is 0.111. The van der Waals surface area contributed by atoms with Crippen LogP contribution in [0, 0.1) is 11.3 Å². The topological polar surface area (TPSA) is 91.8 Å². The molecule has 1 aromatic heterocycles. The molecule has 0 bridgehead atoms. The number of benzene rings is 3. The summed E-state index contributed by atoms with van der Waals surface area (Å²) in [5, 5.41) is 18.6. The van der Waals surface area contributed by atoms with Crippen molar-refractivity contribution in [3.05, 3.63) is 99.7 Å². The summed E-state index contributed by atoms with van der Waals surface area (Å²) in [7, 11) is 0. The average Bonchev–Trinajstić information content (AvgIpc) is 3.30. The fourth-order valence-corrected chi connectivity index (χ4v) is 4.52. The van der Waals surface area contributed by atoms with Crippen molar-refractivity contribution in [2.24, 2.45) is 10.1 Å². The third kappa shape index (κ3) is 5.21. The molecule has 2 heterocycles. The van der Waals surface area contributed by atoms with Gasteiger partial charge in [0.1, 0.15) is 5.75 Å². The van der Waals surface area contributed by atoms with Gasteiger partial charge in [0.25, 0.3) is 5.91 Å². The number of anilines is 1. The van der Waals surface area contributed by atoms with Crippen molar-refractivity contribution < 1.29 is 9.53 Å². The summed E-state index contributed by atoms with van der Waals surface area (Å²) in [5.41, 5.74) is 5.06. The fourth-order valence-electron chi connectivity index (χ4n) is 3.65. The molecule has 5 rings (SSSR count). The minimum atomic E-state index is -0.178. The zero-order valence-electron chi connectivity index (χ0n) is 18.7. The van der Waals surface area contributed by atoms with Crippen LogP contribution < -0.4 is 14.9 Å². The summed E-state index contributed by atoms with van der Waals surface area (Å²) in [4.78, 5) is 17.4. The van der Waals surface area contributed by atoms with E-state index in [1.54, 1.807) is 23.0 Å². The number of fused-ring (bicyclic) bond motifs is 1. The molecule has 0 saturated heterocycles. The number of carbonyl (C=O) groups excluding carboxylic acids is 1. The predicted molar refractivity (Wildman–Crippen MR) is 137 cm³/mol. The Labute approximate surface area is 206 Å². The van der Waals surface area contributed by atoms with E-state index in [-0.39, 0.29) is 12.5 Å². The van der Waals surface area contributed by atoms with Crippen LogP contribution >= 0.6 is 11.3 Å². The predicted octanol–water partition coefficient (Wildman–Crippen LogP) is 4.44. The Hall–Kier alpha value is -4.48. The lowest BCUT2D eigenvalue weighted by molar-refractivity contribution is -0.118. The largest absolute Gasteiger partial charge is 0.482 e. The van der Waals surface area contributed by atoms with Gasteiger partial charge in [-0.25, -0.2) is 4.68 Å². The van der Waals surface area contributed by atoms with E-state index in [9.17, 15) is 4.79 Å². The normalized spacial score (nSPS) is 13.2. The molecule has 0 radical (unpaired) electrons. The summed E-state index contributed by atoms with van der Waals surface area (Å²) in [6.07, 6.45) is 2.58. The molecule has 1 amide bonds. The number of carbonyl (C=O) groups is 1. The second kappa shape index (κ2) is 10.2. The number of thiazole rings is 1. The van der Waals surface area contributed by atoms with Gasteiger partial charge in [0.05, 0.1) is 29.2 Å². The molecule has 0 atom stereocenters. The number of hydrogen-bond donors (Lipinski definition) is 1. The Kier molecular flexibility index (Phi) is 6.50. The molecule has 0 unspecified atom stereocenters. The molecule has 0 spiro atoms.